The van der Waals surface area contributed by atoms with E-state index in [4.69, 9.17) is 0 Å². The van der Waals surface area contributed by atoms with Crippen LogP contribution in [0.1, 0.15) is 36.0 Å². The molecule has 2 fully saturated rings. The molecule has 0 spiro atoms. The van der Waals surface area contributed by atoms with E-state index in [1.807, 2.05) is 6.07 Å². The van der Waals surface area contributed by atoms with Crippen molar-refractivity contribution in [2.45, 2.75) is 30.6 Å². The maximum atomic E-state index is 12.6. The molecular weight excluding hydrogens is 390 g/mol. The number of hydrogen-bond donors (Lipinski definition) is 1. The Bertz CT molecular complexity index is 1030. The van der Waals surface area contributed by atoms with Gasteiger partial charge in [0, 0.05) is 43.0 Å². The molecule has 0 unspecified atom stereocenters. The lowest BCUT2D eigenvalue weighted by molar-refractivity contribution is -0.117. The molecule has 2 saturated heterocycles. The van der Waals surface area contributed by atoms with Gasteiger partial charge in [-0.05, 0) is 61.7 Å². The number of amides is 2. The average Bonchev–Trinajstić information content (AvgIpc) is 3.41. The van der Waals surface area contributed by atoms with E-state index in [1.54, 1.807) is 35.2 Å². The zero-order chi connectivity index (χ0) is 20.4. The van der Waals surface area contributed by atoms with Gasteiger partial charge in [0.1, 0.15) is 0 Å². The first kappa shape index (κ1) is 19.6. The monoisotopic (exact) mass is 413 g/mol. The third kappa shape index (κ3) is 4.04. The van der Waals surface area contributed by atoms with E-state index in [0.717, 1.165) is 19.3 Å². The van der Waals surface area contributed by atoms with E-state index >= 15 is 0 Å². The predicted octanol–water partition coefficient (Wildman–Crippen LogP) is 2.85. The van der Waals surface area contributed by atoms with Crippen molar-refractivity contribution in [2.75, 3.05) is 29.9 Å². The zero-order valence-electron chi connectivity index (χ0n) is 16.0. The molecule has 0 bridgehead atoms. The minimum Gasteiger partial charge on any atom is -0.322 e. The minimum absolute atomic E-state index is 0.0670. The Hall–Kier alpha value is -2.71. The first-order valence-corrected chi connectivity index (χ1v) is 11.2. The van der Waals surface area contributed by atoms with Gasteiger partial charge in [0.2, 0.25) is 15.9 Å². The Morgan fingerprint density at radius 1 is 0.931 bits per heavy atom. The van der Waals surface area contributed by atoms with E-state index in [-0.39, 0.29) is 16.7 Å². The lowest BCUT2D eigenvalue weighted by Gasteiger charge is -2.17. The Morgan fingerprint density at radius 3 is 2.31 bits per heavy atom. The van der Waals surface area contributed by atoms with Crippen molar-refractivity contribution in [3.05, 3.63) is 54.1 Å². The molecule has 2 aliphatic heterocycles. The van der Waals surface area contributed by atoms with Crippen LogP contribution in [0.15, 0.2) is 53.4 Å². The quantitative estimate of drug-likeness (QED) is 0.817. The fourth-order valence-corrected chi connectivity index (χ4v) is 5.24. The highest BCUT2D eigenvalue weighted by Crippen LogP contribution is 2.24. The van der Waals surface area contributed by atoms with Crippen LogP contribution in [0.25, 0.3) is 0 Å². The van der Waals surface area contributed by atoms with Crippen LogP contribution in [0.2, 0.25) is 0 Å². The molecule has 0 atom stereocenters. The second-order valence-corrected chi connectivity index (χ2v) is 9.23. The van der Waals surface area contributed by atoms with Gasteiger partial charge >= 0.3 is 0 Å². The standard InChI is InChI=1S/C21H23N3O4S/c25-20-7-4-14-24(20)18-6-3-5-16(15-18)21(26)22-17-8-10-19(11-9-17)29(27,28)23-12-1-2-13-23/h3,5-6,8-11,15H,1-2,4,7,12-14H2,(H,22,26). The number of hydrogen-bond acceptors (Lipinski definition) is 4. The van der Waals surface area contributed by atoms with Crippen molar-refractivity contribution >= 4 is 33.2 Å². The molecule has 0 radical (unpaired) electrons. The smallest absolute Gasteiger partial charge is 0.255 e. The highest BCUT2D eigenvalue weighted by atomic mass is 32.2. The first-order chi connectivity index (χ1) is 13.9. The molecule has 29 heavy (non-hydrogen) atoms. The van der Waals surface area contributed by atoms with Crippen molar-refractivity contribution in [3.8, 4) is 0 Å². The summed E-state index contributed by atoms with van der Waals surface area (Å²) in [5, 5.41) is 2.78. The van der Waals surface area contributed by atoms with Crippen LogP contribution in [0, 0.1) is 0 Å². The number of nitrogens with zero attached hydrogens (tertiary/aromatic N) is 2. The van der Waals surface area contributed by atoms with Gasteiger partial charge in [-0.15, -0.1) is 0 Å². The second-order valence-electron chi connectivity index (χ2n) is 7.29. The highest BCUT2D eigenvalue weighted by molar-refractivity contribution is 7.89. The Balaban J connectivity index is 1.47. The molecule has 2 amide bonds. The molecule has 2 heterocycles. The number of anilines is 2. The first-order valence-electron chi connectivity index (χ1n) is 9.77. The van der Waals surface area contributed by atoms with E-state index in [2.05, 4.69) is 5.32 Å². The van der Waals surface area contributed by atoms with Crippen molar-refractivity contribution < 1.29 is 18.0 Å². The summed E-state index contributed by atoms with van der Waals surface area (Å²) in [6.45, 7) is 1.77. The summed E-state index contributed by atoms with van der Waals surface area (Å²) >= 11 is 0. The van der Waals surface area contributed by atoms with Crippen LogP contribution in [0.3, 0.4) is 0 Å². The number of rotatable bonds is 5. The summed E-state index contributed by atoms with van der Waals surface area (Å²) in [5.41, 5.74) is 1.67. The van der Waals surface area contributed by atoms with Crippen LogP contribution < -0.4 is 10.2 Å². The van der Waals surface area contributed by atoms with Gasteiger partial charge < -0.3 is 10.2 Å². The Morgan fingerprint density at radius 2 is 1.66 bits per heavy atom. The van der Waals surface area contributed by atoms with Crippen molar-refractivity contribution in [1.29, 1.82) is 0 Å². The summed E-state index contributed by atoms with van der Waals surface area (Å²) in [6, 6.07) is 13.2. The average molecular weight is 413 g/mol. The van der Waals surface area contributed by atoms with E-state index < -0.39 is 10.0 Å². The SMILES string of the molecule is O=C(Nc1ccc(S(=O)(=O)N2CCCC2)cc1)c1cccc(N2CCCC2=O)c1. The van der Waals surface area contributed by atoms with Crippen molar-refractivity contribution in [3.63, 3.8) is 0 Å². The molecule has 0 aromatic heterocycles. The molecular formula is C21H23N3O4S. The van der Waals surface area contributed by atoms with Gasteiger partial charge in [0.05, 0.1) is 4.90 Å². The topological polar surface area (TPSA) is 86.8 Å². The number of nitrogens with one attached hydrogen (secondary N) is 1. The maximum Gasteiger partial charge on any atom is 0.255 e. The second kappa shape index (κ2) is 7.96. The largest absolute Gasteiger partial charge is 0.322 e. The Labute approximate surface area is 170 Å². The van der Waals surface area contributed by atoms with Gasteiger partial charge in [-0.1, -0.05) is 6.07 Å². The van der Waals surface area contributed by atoms with Crippen LogP contribution in [0.5, 0.6) is 0 Å². The van der Waals surface area contributed by atoms with Gasteiger partial charge in [0.15, 0.2) is 0 Å². The summed E-state index contributed by atoms with van der Waals surface area (Å²) in [6.07, 6.45) is 3.12. The van der Waals surface area contributed by atoms with Crippen LogP contribution in [-0.2, 0) is 14.8 Å². The molecule has 1 N–H and O–H groups in total. The normalized spacial score (nSPS) is 17.7. The van der Waals surface area contributed by atoms with E-state index in [9.17, 15) is 18.0 Å². The lowest BCUT2D eigenvalue weighted by Crippen LogP contribution is -2.27. The molecule has 2 aromatic carbocycles. The molecule has 0 aliphatic carbocycles. The van der Waals surface area contributed by atoms with Gasteiger partial charge in [0.25, 0.3) is 5.91 Å². The molecule has 7 nitrogen and oxygen atoms in total. The summed E-state index contributed by atoms with van der Waals surface area (Å²) in [4.78, 5) is 26.5. The maximum absolute atomic E-state index is 12.6. The third-order valence-corrected chi connectivity index (χ3v) is 7.22. The Kier molecular flexibility index (Phi) is 5.38. The lowest BCUT2D eigenvalue weighted by atomic mass is 10.1. The van der Waals surface area contributed by atoms with E-state index in [0.29, 0.717) is 43.0 Å². The summed E-state index contributed by atoms with van der Waals surface area (Å²) < 4.78 is 26.7. The van der Waals surface area contributed by atoms with Gasteiger partial charge in [-0.3, -0.25) is 9.59 Å². The van der Waals surface area contributed by atoms with Crippen molar-refractivity contribution in [1.82, 2.24) is 4.31 Å². The number of carbonyl (C=O) groups excluding carboxylic acids is 2. The fourth-order valence-electron chi connectivity index (χ4n) is 3.73. The van der Waals surface area contributed by atoms with Gasteiger partial charge in [-0.2, -0.15) is 4.31 Å². The summed E-state index contributed by atoms with van der Waals surface area (Å²) in [5.74, 6) is -0.244. The molecule has 4 rings (SSSR count). The fraction of sp³-hybridized carbons (Fsp3) is 0.333. The van der Waals surface area contributed by atoms with Crippen LogP contribution >= 0.6 is 0 Å². The molecule has 0 saturated carbocycles. The third-order valence-electron chi connectivity index (χ3n) is 5.31. The summed E-state index contributed by atoms with van der Waals surface area (Å²) in [7, 11) is -3.47. The number of sulfonamides is 1. The van der Waals surface area contributed by atoms with Gasteiger partial charge in [-0.25, -0.2) is 8.42 Å². The van der Waals surface area contributed by atoms with Crippen molar-refractivity contribution in [2.24, 2.45) is 0 Å². The zero-order valence-corrected chi connectivity index (χ0v) is 16.8. The van der Waals surface area contributed by atoms with Crippen LogP contribution in [-0.4, -0.2) is 44.2 Å². The van der Waals surface area contributed by atoms with Crippen LogP contribution in [0.4, 0.5) is 11.4 Å². The molecule has 2 aliphatic rings. The number of carbonyl (C=O) groups is 2. The molecule has 8 heteroatoms. The molecule has 2 aromatic rings. The predicted molar refractivity (Wildman–Crippen MR) is 110 cm³/mol. The highest BCUT2D eigenvalue weighted by Gasteiger charge is 2.27. The van der Waals surface area contributed by atoms with E-state index in [1.165, 1.54) is 16.4 Å². The molecule has 152 valence electrons. The number of benzene rings is 2. The minimum atomic E-state index is -3.47.